The van der Waals surface area contributed by atoms with Crippen molar-refractivity contribution in [3.05, 3.63) is 0 Å². The van der Waals surface area contributed by atoms with Crippen LogP contribution in [0.4, 0.5) is 0 Å². The number of hydrogen-bond acceptors (Lipinski definition) is 3. The van der Waals surface area contributed by atoms with Gasteiger partial charge in [0.2, 0.25) is 0 Å². The fraction of sp³-hybridized carbons (Fsp3) is 0.800. The van der Waals surface area contributed by atoms with Gasteiger partial charge >= 0.3 is 24.8 Å². The van der Waals surface area contributed by atoms with Crippen LogP contribution in [0.15, 0.2) is 0 Å². The van der Waals surface area contributed by atoms with Crippen LogP contribution in [-0.4, -0.2) is 36.9 Å². The van der Waals surface area contributed by atoms with Gasteiger partial charge in [0.25, 0.3) is 0 Å². The van der Waals surface area contributed by atoms with E-state index in [4.69, 9.17) is 9.84 Å². The molecule has 1 heterocycles. The Labute approximate surface area is 72.6 Å². The molecule has 1 aliphatic heterocycles. The van der Waals surface area contributed by atoms with Crippen LogP contribution in [0.2, 0.25) is 0 Å². The fourth-order valence-electron chi connectivity index (χ4n) is 0.724. The molecule has 1 atom stereocenters. The Balaban J connectivity index is 0. The third-order valence-corrected chi connectivity index (χ3v) is 1.20. The summed E-state index contributed by atoms with van der Waals surface area (Å²) in [5.41, 5.74) is 0. The Morgan fingerprint density at radius 1 is 1.80 bits per heavy atom. The molecule has 0 spiro atoms. The molecule has 10 heavy (non-hydrogen) atoms. The van der Waals surface area contributed by atoms with E-state index in [9.17, 15) is 4.79 Å². The third kappa shape index (κ3) is 2.71. The van der Waals surface area contributed by atoms with Gasteiger partial charge in [0.05, 0.1) is 6.61 Å². The quantitative estimate of drug-likeness (QED) is 0.365. The number of morpholine rings is 1. The molecule has 0 aromatic carbocycles. The SMILES string of the molecule is O=C(O)C1CNCCO1.[H-].[Li+]. The van der Waals surface area contributed by atoms with Crippen molar-refractivity contribution in [2.24, 2.45) is 0 Å². The molecule has 0 amide bonds. The van der Waals surface area contributed by atoms with Gasteiger partial charge in [-0.15, -0.1) is 0 Å². The Morgan fingerprint density at radius 2 is 2.50 bits per heavy atom. The average Bonchev–Trinajstić information content (AvgIpc) is 1.90. The molecule has 54 valence electrons. The maximum atomic E-state index is 10.2. The maximum absolute atomic E-state index is 10.2. The molecule has 0 aromatic heterocycles. The molecule has 1 rings (SSSR count). The first-order chi connectivity index (χ1) is 4.30. The van der Waals surface area contributed by atoms with Crippen LogP contribution in [0.1, 0.15) is 1.43 Å². The normalized spacial score (nSPS) is 25.0. The van der Waals surface area contributed by atoms with Crippen molar-refractivity contribution >= 4 is 5.97 Å². The first-order valence-electron chi connectivity index (χ1n) is 2.86. The van der Waals surface area contributed by atoms with Crippen molar-refractivity contribution in [2.75, 3.05) is 19.7 Å². The van der Waals surface area contributed by atoms with Gasteiger partial charge < -0.3 is 16.6 Å². The number of carboxylic acid groups (broad SMARTS) is 1. The summed E-state index contributed by atoms with van der Waals surface area (Å²) in [4.78, 5) is 10.2. The average molecular weight is 139 g/mol. The summed E-state index contributed by atoms with van der Waals surface area (Å²) in [6, 6.07) is 0. The van der Waals surface area contributed by atoms with E-state index in [0.29, 0.717) is 13.2 Å². The molecule has 1 fully saturated rings. The Kier molecular flexibility index (Phi) is 4.74. The van der Waals surface area contributed by atoms with E-state index < -0.39 is 12.1 Å². The van der Waals surface area contributed by atoms with E-state index in [1.54, 1.807) is 0 Å². The van der Waals surface area contributed by atoms with Crippen molar-refractivity contribution in [1.29, 1.82) is 0 Å². The fourth-order valence-corrected chi connectivity index (χ4v) is 0.724. The summed E-state index contributed by atoms with van der Waals surface area (Å²) in [5.74, 6) is -0.887. The second-order valence-electron chi connectivity index (χ2n) is 1.90. The van der Waals surface area contributed by atoms with Gasteiger partial charge in [-0.05, 0) is 0 Å². The van der Waals surface area contributed by atoms with Crippen LogP contribution in [0.3, 0.4) is 0 Å². The van der Waals surface area contributed by atoms with Crippen LogP contribution in [0, 0.1) is 0 Å². The van der Waals surface area contributed by atoms with Crippen LogP contribution in [0.25, 0.3) is 0 Å². The topological polar surface area (TPSA) is 58.6 Å². The molecule has 0 saturated carbocycles. The van der Waals surface area contributed by atoms with Gasteiger partial charge in [-0.25, -0.2) is 4.79 Å². The standard InChI is InChI=1S/C5H9NO3.Li.H/c7-5(8)4-3-6-1-2-9-4;;/h4,6H,1-3H2,(H,7,8);;/q;+1;-1. The Bertz CT molecular complexity index is 118. The molecule has 5 heteroatoms. The van der Waals surface area contributed by atoms with Gasteiger partial charge in [-0.2, -0.15) is 0 Å². The van der Waals surface area contributed by atoms with Crippen LogP contribution in [-0.2, 0) is 9.53 Å². The first kappa shape index (κ1) is 9.99. The summed E-state index contributed by atoms with van der Waals surface area (Å²) in [6.45, 7) is 1.68. The van der Waals surface area contributed by atoms with E-state index in [-0.39, 0.29) is 20.3 Å². The predicted octanol–water partition coefficient (Wildman–Crippen LogP) is -3.82. The number of rotatable bonds is 1. The van der Waals surface area contributed by atoms with Crippen LogP contribution < -0.4 is 24.2 Å². The predicted molar refractivity (Wildman–Crippen MR) is 31.4 cm³/mol. The van der Waals surface area contributed by atoms with Crippen molar-refractivity contribution in [2.45, 2.75) is 6.10 Å². The smallest absolute Gasteiger partial charge is 1.00 e. The molecule has 2 N–H and O–H groups in total. The molecular formula is C5H10LiNO3. The van der Waals surface area contributed by atoms with Crippen molar-refractivity contribution < 1.29 is 34.9 Å². The second-order valence-corrected chi connectivity index (χ2v) is 1.90. The Hall–Kier alpha value is -0.0126. The third-order valence-electron chi connectivity index (χ3n) is 1.20. The van der Waals surface area contributed by atoms with E-state index in [2.05, 4.69) is 5.32 Å². The number of aliphatic carboxylic acids is 1. The van der Waals surface area contributed by atoms with Gasteiger partial charge in [-0.1, -0.05) is 0 Å². The molecule has 1 aliphatic rings. The second kappa shape index (κ2) is 4.75. The zero-order chi connectivity index (χ0) is 6.69. The van der Waals surface area contributed by atoms with Crippen molar-refractivity contribution in [1.82, 2.24) is 5.32 Å². The van der Waals surface area contributed by atoms with E-state index in [0.717, 1.165) is 6.54 Å². The number of ether oxygens (including phenoxy) is 1. The zero-order valence-electron chi connectivity index (χ0n) is 6.96. The maximum Gasteiger partial charge on any atom is 1.00 e. The van der Waals surface area contributed by atoms with E-state index in [1.807, 2.05) is 0 Å². The summed E-state index contributed by atoms with van der Waals surface area (Å²) in [6.07, 6.45) is -0.640. The van der Waals surface area contributed by atoms with Crippen molar-refractivity contribution in [3.63, 3.8) is 0 Å². The summed E-state index contributed by atoms with van der Waals surface area (Å²) in [5, 5.41) is 11.3. The van der Waals surface area contributed by atoms with Crippen LogP contribution in [0.5, 0.6) is 0 Å². The Morgan fingerprint density at radius 3 is 2.80 bits per heavy atom. The summed E-state index contributed by atoms with van der Waals surface area (Å²) in [7, 11) is 0. The molecule has 1 unspecified atom stereocenters. The minimum atomic E-state index is -0.887. The number of carbonyl (C=O) groups is 1. The molecule has 4 nitrogen and oxygen atoms in total. The molecule has 0 bridgehead atoms. The summed E-state index contributed by atoms with van der Waals surface area (Å²) < 4.78 is 4.88. The molecule has 0 aliphatic carbocycles. The minimum absolute atomic E-state index is 0. The van der Waals surface area contributed by atoms with Gasteiger partial charge in [0.1, 0.15) is 0 Å². The van der Waals surface area contributed by atoms with Crippen molar-refractivity contribution in [3.8, 4) is 0 Å². The largest absolute Gasteiger partial charge is 1.00 e. The number of hydrogen-bond donors (Lipinski definition) is 2. The van der Waals surface area contributed by atoms with Gasteiger partial charge in [0, 0.05) is 13.1 Å². The molecular weight excluding hydrogens is 129 g/mol. The zero-order valence-corrected chi connectivity index (χ0v) is 5.96. The number of nitrogens with one attached hydrogen (secondary N) is 1. The molecule has 0 aromatic rings. The summed E-state index contributed by atoms with van der Waals surface area (Å²) >= 11 is 0. The molecule has 1 saturated heterocycles. The van der Waals surface area contributed by atoms with Crippen LogP contribution >= 0.6 is 0 Å². The monoisotopic (exact) mass is 139 g/mol. The van der Waals surface area contributed by atoms with Gasteiger partial charge in [-0.3, -0.25) is 0 Å². The van der Waals surface area contributed by atoms with E-state index >= 15 is 0 Å². The molecule has 0 radical (unpaired) electrons. The number of carboxylic acids is 1. The first-order valence-corrected chi connectivity index (χ1v) is 2.86. The van der Waals surface area contributed by atoms with Gasteiger partial charge in [0.15, 0.2) is 6.10 Å². The van der Waals surface area contributed by atoms with E-state index in [1.165, 1.54) is 0 Å². The minimum Gasteiger partial charge on any atom is -1.00 e.